The minimum atomic E-state index is 0.624. The number of piperidine rings is 2. The smallest absolute Gasteiger partial charge is 0.0267 e. The van der Waals surface area contributed by atoms with Crippen molar-refractivity contribution in [1.82, 2.24) is 29.4 Å². The van der Waals surface area contributed by atoms with Gasteiger partial charge in [0.2, 0.25) is 0 Å². The fourth-order valence-electron chi connectivity index (χ4n) is 8.65. The molecule has 4 fully saturated rings. The van der Waals surface area contributed by atoms with E-state index in [1.165, 1.54) is 91.1 Å². The number of likely N-dealkylation sites (tertiary alicyclic amines) is 2. The second kappa shape index (κ2) is 14.5. The van der Waals surface area contributed by atoms with Crippen LogP contribution in [0.4, 0.5) is 0 Å². The molecular formula is C34H68N6. The summed E-state index contributed by atoms with van der Waals surface area (Å²) in [5.74, 6) is 2.44. The first kappa shape index (κ1) is 32.7. The van der Waals surface area contributed by atoms with Crippen molar-refractivity contribution in [1.29, 1.82) is 0 Å². The van der Waals surface area contributed by atoms with Crippen LogP contribution in [0.5, 0.6) is 0 Å². The van der Waals surface area contributed by atoms with Gasteiger partial charge in [0, 0.05) is 81.6 Å². The number of nitrogens with zero attached hydrogens (tertiary/aromatic N) is 6. The van der Waals surface area contributed by atoms with E-state index >= 15 is 0 Å². The molecule has 0 radical (unpaired) electrons. The summed E-state index contributed by atoms with van der Waals surface area (Å²) in [4.78, 5) is 16.6. The van der Waals surface area contributed by atoms with Gasteiger partial charge in [-0.1, -0.05) is 6.92 Å². The predicted molar refractivity (Wildman–Crippen MR) is 172 cm³/mol. The lowest BCUT2D eigenvalue weighted by atomic mass is 9.85. The zero-order valence-corrected chi connectivity index (χ0v) is 28.4. The van der Waals surface area contributed by atoms with Crippen LogP contribution in [0.15, 0.2) is 0 Å². The molecule has 0 aromatic heterocycles. The third-order valence-electron chi connectivity index (χ3n) is 11.9. The number of piperazine rings is 2. The summed E-state index contributed by atoms with van der Waals surface area (Å²) in [6, 6.07) is 4.63. The van der Waals surface area contributed by atoms with E-state index in [4.69, 9.17) is 0 Å². The molecule has 4 unspecified atom stereocenters. The molecule has 4 rings (SSSR count). The zero-order valence-electron chi connectivity index (χ0n) is 28.4. The highest BCUT2D eigenvalue weighted by Crippen LogP contribution is 2.31. The van der Waals surface area contributed by atoms with Crippen LogP contribution in [0, 0.1) is 17.8 Å². The summed E-state index contributed by atoms with van der Waals surface area (Å²) >= 11 is 0. The van der Waals surface area contributed by atoms with E-state index in [0.717, 1.165) is 11.8 Å². The van der Waals surface area contributed by atoms with Crippen molar-refractivity contribution in [3.05, 3.63) is 0 Å². The Morgan fingerprint density at radius 3 is 1.70 bits per heavy atom. The van der Waals surface area contributed by atoms with Crippen molar-refractivity contribution < 1.29 is 0 Å². The van der Waals surface area contributed by atoms with Crippen LogP contribution < -0.4 is 0 Å². The monoisotopic (exact) mass is 561 g/mol. The van der Waals surface area contributed by atoms with Crippen LogP contribution in [0.3, 0.4) is 0 Å². The molecule has 40 heavy (non-hydrogen) atoms. The van der Waals surface area contributed by atoms with Gasteiger partial charge < -0.3 is 9.80 Å². The van der Waals surface area contributed by atoms with Crippen molar-refractivity contribution in [2.45, 2.75) is 130 Å². The van der Waals surface area contributed by atoms with Gasteiger partial charge in [-0.15, -0.1) is 0 Å². The van der Waals surface area contributed by atoms with Gasteiger partial charge in [0.05, 0.1) is 0 Å². The summed E-state index contributed by atoms with van der Waals surface area (Å²) in [5.41, 5.74) is 0. The Labute approximate surface area is 249 Å². The highest BCUT2D eigenvalue weighted by atomic mass is 15.3. The van der Waals surface area contributed by atoms with E-state index in [1.807, 2.05) is 0 Å². The van der Waals surface area contributed by atoms with E-state index in [9.17, 15) is 0 Å². The van der Waals surface area contributed by atoms with Gasteiger partial charge >= 0.3 is 0 Å². The highest BCUT2D eigenvalue weighted by molar-refractivity contribution is 4.96. The molecule has 6 nitrogen and oxygen atoms in total. The predicted octanol–water partition coefficient (Wildman–Crippen LogP) is 4.65. The van der Waals surface area contributed by atoms with Crippen molar-refractivity contribution in [2.75, 3.05) is 72.5 Å². The minimum absolute atomic E-state index is 0.624. The standard InChI is InChI=1S/C34H68N6/c1-25(2)37-19-28(6)40(29(7)20-37)23-33-13-17-36(18-14-33)31(9)30(8)34-24-38(27(5)21-39(34)26(3)4)22-32-11-15-35(10)16-12-32/h25-34H,11-24H2,1-10H3/t27-,28+,29?,30?,31?,34?/m1/s1. The first-order chi connectivity index (χ1) is 18.9. The Bertz CT molecular complexity index is 731. The molecule has 0 aliphatic carbocycles. The summed E-state index contributed by atoms with van der Waals surface area (Å²) < 4.78 is 0. The third-order valence-corrected chi connectivity index (χ3v) is 11.9. The van der Waals surface area contributed by atoms with E-state index in [1.54, 1.807) is 0 Å². The van der Waals surface area contributed by atoms with Crippen LogP contribution in [0.2, 0.25) is 0 Å². The van der Waals surface area contributed by atoms with Gasteiger partial charge in [-0.2, -0.15) is 0 Å². The first-order valence-electron chi connectivity index (χ1n) is 17.4. The Kier molecular flexibility index (Phi) is 11.8. The molecule has 4 aliphatic rings. The summed E-state index contributed by atoms with van der Waals surface area (Å²) in [6.45, 7) is 34.8. The molecule has 0 N–H and O–H groups in total. The average Bonchev–Trinajstić information content (AvgIpc) is 2.92. The van der Waals surface area contributed by atoms with Crippen molar-refractivity contribution in [3.63, 3.8) is 0 Å². The van der Waals surface area contributed by atoms with Crippen molar-refractivity contribution in [3.8, 4) is 0 Å². The fraction of sp³-hybridized carbons (Fsp3) is 1.00. The van der Waals surface area contributed by atoms with Gasteiger partial charge in [0.1, 0.15) is 0 Å². The lowest BCUT2D eigenvalue weighted by Gasteiger charge is -2.52. The largest absolute Gasteiger partial charge is 0.306 e. The molecule has 0 saturated carbocycles. The molecule has 234 valence electrons. The van der Waals surface area contributed by atoms with Crippen molar-refractivity contribution >= 4 is 0 Å². The van der Waals surface area contributed by atoms with E-state index in [-0.39, 0.29) is 0 Å². The fourth-order valence-corrected chi connectivity index (χ4v) is 8.65. The molecule has 0 aromatic rings. The molecule has 6 heteroatoms. The Hall–Kier alpha value is -0.240. The van der Waals surface area contributed by atoms with E-state index in [2.05, 4.69) is 98.8 Å². The molecule has 0 amide bonds. The van der Waals surface area contributed by atoms with Gasteiger partial charge in [-0.3, -0.25) is 19.6 Å². The zero-order chi connectivity index (χ0) is 29.1. The van der Waals surface area contributed by atoms with Crippen LogP contribution in [-0.2, 0) is 0 Å². The summed E-state index contributed by atoms with van der Waals surface area (Å²) in [7, 11) is 2.29. The second-order valence-corrected chi connectivity index (χ2v) is 15.4. The van der Waals surface area contributed by atoms with E-state index in [0.29, 0.717) is 48.2 Å². The highest BCUT2D eigenvalue weighted by Gasteiger charge is 2.40. The van der Waals surface area contributed by atoms with Crippen LogP contribution >= 0.6 is 0 Å². The summed E-state index contributed by atoms with van der Waals surface area (Å²) in [5, 5.41) is 0. The van der Waals surface area contributed by atoms with Gasteiger partial charge in [0.25, 0.3) is 0 Å². The van der Waals surface area contributed by atoms with Crippen LogP contribution in [0.1, 0.15) is 88.0 Å². The molecule has 0 spiro atoms. The lowest BCUT2D eigenvalue weighted by Crippen LogP contribution is -2.64. The quantitative estimate of drug-likeness (QED) is 0.406. The van der Waals surface area contributed by atoms with Gasteiger partial charge in [-0.25, -0.2) is 0 Å². The first-order valence-corrected chi connectivity index (χ1v) is 17.4. The van der Waals surface area contributed by atoms with E-state index < -0.39 is 0 Å². The Morgan fingerprint density at radius 2 is 1.15 bits per heavy atom. The maximum Gasteiger partial charge on any atom is 0.0267 e. The average molecular weight is 561 g/mol. The third kappa shape index (κ3) is 8.02. The van der Waals surface area contributed by atoms with Crippen LogP contribution in [0.25, 0.3) is 0 Å². The minimum Gasteiger partial charge on any atom is -0.306 e. The molecule has 4 saturated heterocycles. The molecule has 4 heterocycles. The second-order valence-electron chi connectivity index (χ2n) is 15.4. The van der Waals surface area contributed by atoms with Crippen molar-refractivity contribution in [2.24, 2.45) is 17.8 Å². The molecule has 4 aliphatic heterocycles. The SMILES string of the molecule is CC(C(C)N1CCC(CN2C(C)CN(C(C)C)C[C@@H]2C)CC1)C1CN(CC2CCN(C)CC2)[C@H](C)CN1C(C)C. The molecule has 0 aromatic carbocycles. The Morgan fingerprint density at radius 1 is 0.600 bits per heavy atom. The molecular weight excluding hydrogens is 492 g/mol. The summed E-state index contributed by atoms with van der Waals surface area (Å²) in [6.07, 6.45) is 5.51. The lowest BCUT2D eigenvalue weighted by molar-refractivity contribution is -0.0371. The topological polar surface area (TPSA) is 19.4 Å². The number of hydrogen-bond donors (Lipinski definition) is 0. The maximum atomic E-state index is 2.89. The Balaban J connectivity index is 1.30. The number of rotatable bonds is 9. The van der Waals surface area contributed by atoms with Gasteiger partial charge in [0.15, 0.2) is 0 Å². The maximum absolute atomic E-state index is 2.89. The normalized spacial score (nSPS) is 34.2. The molecule has 6 atom stereocenters. The van der Waals surface area contributed by atoms with Crippen LogP contribution in [-0.4, -0.2) is 144 Å². The van der Waals surface area contributed by atoms with Gasteiger partial charge in [-0.05, 0) is 132 Å². The number of hydrogen-bond acceptors (Lipinski definition) is 6. The molecule has 0 bridgehead atoms.